The van der Waals surface area contributed by atoms with E-state index in [0.29, 0.717) is 6.04 Å². The first-order valence-electron chi connectivity index (χ1n) is 5.61. The highest BCUT2D eigenvalue weighted by Crippen LogP contribution is 2.15. The predicted molar refractivity (Wildman–Crippen MR) is 64.9 cm³/mol. The van der Waals surface area contributed by atoms with E-state index >= 15 is 0 Å². The molecule has 15 heavy (non-hydrogen) atoms. The molecular formula is C12H20ClNO. The largest absolute Gasteiger partial charge is 0.301 e. The Bertz CT molecular complexity index is 230. The summed E-state index contributed by atoms with van der Waals surface area (Å²) in [5, 5.41) is 0.122. The molecular weight excluding hydrogens is 210 g/mol. The highest BCUT2D eigenvalue weighted by molar-refractivity contribution is 6.21. The SMILES string of the molecule is CC/C(=C\C/C=C\C(C)Cl)C1CCON1. The third-order valence-corrected chi connectivity index (χ3v) is 2.65. The predicted octanol–water partition coefficient (Wildman–Crippen LogP) is 3.19. The Morgan fingerprint density at radius 2 is 2.47 bits per heavy atom. The topological polar surface area (TPSA) is 21.3 Å². The second kappa shape index (κ2) is 7.04. The van der Waals surface area contributed by atoms with Crippen LogP contribution in [-0.2, 0) is 4.84 Å². The monoisotopic (exact) mass is 229 g/mol. The van der Waals surface area contributed by atoms with Gasteiger partial charge in [-0.25, -0.2) is 0 Å². The van der Waals surface area contributed by atoms with Crippen molar-refractivity contribution in [3.8, 4) is 0 Å². The molecule has 0 amide bonds. The van der Waals surface area contributed by atoms with Gasteiger partial charge in [-0.15, -0.1) is 11.6 Å². The molecule has 1 N–H and O–H groups in total. The van der Waals surface area contributed by atoms with Gasteiger partial charge in [-0.2, -0.15) is 5.48 Å². The summed E-state index contributed by atoms with van der Waals surface area (Å²) in [6, 6.07) is 0.414. The summed E-state index contributed by atoms with van der Waals surface area (Å²) in [5.74, 6) is 0. The first-order valence-corrected chi connectivity index (χ1v) is 6.04. The lowest BCUT2D eigenvalue weighted by Gasteiger charge is -2.11. The van der Waals surface area contributed by atoms with Crippen LogP contribution in [0.5, 0.6) is 0 Å². The summed E-state index contributed by atoms with van der Waals surface area (Å²) < 4.78 is 0. The average molecular weight is 230 g/mol. The van der Waals surface area contributed by atoms with E-state index in [4.69, 9.17) is 16.4 Å². The van der Waals surface area contributed by atoms with Crippen molar-refractivity contribution in [3.63, 3.8) is 0 Å². The highest BCUT2D eigenvalue weighted by atomic mass is 35.5. The van der Waals surface area contributed by atoms with E-state index in [1.807, 2.05) is 13.0 Å². The number of hydrogen-bond donors (Lipinski definition) is 1. The Morgan fingerprint density at radius 1 is 1.67 bits per heavy atom. The summed E-state index contributed by atoms with van der Waals surface area (Å²) in [6.07, 6.45) is 9.51. The zero-order chi connectivity index (χ0) is 11.1. The summed E-state index contributed by atoms with van der Waals surface area (Å²) >= 11 is 5.81. The number of hydrogen-bond acceptors (Lipinski definition) is 2. The second-order valence-corrected chi connectivity index (χ2v) is 4.47. The Hall–Kier alpha value is -0.310. The van der Waals surface area contributed by atoms with Crippen LogP contribution < -0.4 is 5.48 Å². The number of nitrogens with one attached hydrogen (secondary N) is 1. The van der Waals surface area contributed by atoms with Gasteiger partial charge in [0, 0.05) is 5.38 Å². The van der Waals surface area contributed by atoms with Gasteiger partial charge in [0.25, 0.3) is 0 Å². The number of alkyl halides is 1. The molecule has 86 valence electrons. The summed E-state index contributed by atoms with van der Waals surface area (Å²) in [5.41, 5.74) is 4.47. The van der Waals surface area contributed by atoms with Gasteiger partial charge in [0.1, 0.15) is 0 Å². The fourth-order valence-electron chi connectivity index (χ4n) is 1.67. The van der Waals surface area contributed by atoms with Crippen LogP contribution in [0.1, 0.15) is 33.1 Å². The zero-order valence-corrected chi connectivity index (χ0v) is 10.3. The first-order chi connectivity index (χ1) is 7.24. The van der Waals surface area contributed by atoms with Crippen LogP contribution >= 0.6 is 11.6 Å². The molecule has 0 aromatic rings. The zero-order valence-electron chi connectivity index (χ0n) is 9.50. The van der Waals surface area contributed by atoms with Crippen molar-refractivity contribution >= 4 is 11.6 Å². The fourth-order valence-corrected chi connectivity index (χ4v) is 1.78. The molecule has 1 fully saturated rings. The maximum atomic E-state index is 5.81. The van der Waals surface area contributed by atoms with E-state index in [1.165, 1.54) is 5.57 Å². The molecule has 0 spiro atoms. The molecule has 1 aliphatic heterocycles. The van der Waals surface area contributed by atoms with Crippen molar-refractivity contribution in [3.05, 3.63) is 23.8 Å². The molecule has 0 aromatic heterocycles. The Morgan fingerprint density at radius 3 is 3.00 bits per heavy atom. The van der Waals surface area contributed by atoms with Crippen LogP contribution in [0.15, 0.2) is 23.8 Å². The summed E-state index contributed by atoms with van der Waals surface area (Å²) in [6.45, 7) is 4.96. The molecule has 2 atom stereocenters. The van der Waals surface area contributed by atoms with Crippen molar-refractivity contribution in [1.82, 2.24) is 5.48 Å². The molecule has 0 aromatic carbocycles. The number of rotatable bonds is 5. The van der Waals surface area contributed by atoms with Gasteiger partial charge in [0.05, 0.1) is 12.6 Å². The number of allylic oxidation sites excluding steroid dienone is 3. The molecule has 2 unspecified atom stereocenters. The Balaban J connectivity index is 2.39. The molecule has 0 radical (unpaired) electrons. The third-order valence-electron chi connectivity index (χ3n) is 2.51. The normalized spacial score (nSPS) is 25.0. The van der Waals surface area contributed by atoms with E-state index in [-0.39, 0.29) is 5.38 Å². The van der Waals surface area contributed by atoms with Gasteiger partial charge < -0.3 is 4.84 Å². The fraction of sp³-hybridized carbons (Fsp3) is 0.667. The van der Waals surface area contributed by atoms with E-state index in [0.717, 1.165) is 25.9 Å². The molecule has 1 rings (SSSR count). The average Bonchev–Trinajstić information content (AvgIpc) is 2.70. The van der Waals surface area contributed by atoms with E-state index in [9.17, 15) is 0 Å². The molecule has 1 heterocycles. The maximum Gasteiger partial charge on any atom is 0.0701 e. The van der Waals surface area contributed by atoms with Crippen molar-refractivity contribution in [2.75, 3.05) is 6.61 Å². The minimum atomic E-state index is 0.122. The number of hydroxylamine groups is 1. The standard InChI is InChI=1S/C12H20ClNO/c1-3-11(12-8-9-15-14-12)7-5-4-6-10(2)13/h4,6-7,10,12,14H,3,5,8-9H2,1-2H3/b6-4-,11-7+. The lowest BCUT2D eigenvalue weighted by Crippen LogP contribution is -2.22. The van der Waals surface area contributed by atoms with Crippen LogP contribution in [0.2, 0.25) is 0 Å². The number of halogens is 1. The van der Waals surface area contributed by atoms with E-state index in [2.05, 4.69) is 24.6 Å². The molecule has 2 nitrogen and oxygen atoms in total. The van der Waals surface area contributed by atoms with Crippen molar-refractivity contribution in [2.24, 2.45) is 0 Å². The van der Waals surface area contributed by atoms with Crippen LogP contribution in [0.25, 0.3) is 0 Å². The van der Waals surface area contributed by atoms with Crippen molar-refractivity contribution in [1.29, 1.82) is 0 Å². The minimum absolute atomic E-state index is 0.122. The lowest BCUT2D eigenvalue weighted by atomic mass is 10.0. The van der Waals surface area contributed by atoms with E-state index in [1.54, 1.807) is 0 Å². The molecule has 1 aliphatic rings. The Labute approximate surface area is 97.3 Å². The molecule has 0 aliphatic carbocycles. The first kappa shape index (κ1) is 12.8. The molecule has 3 heteroatoms. The summed E-state index contributed by atoms with van der Waals surface area (Å²) in [4.78, 5) is 5.15. The lowest BCUT2D eigenvalue weighted by molar-refractivity contribution is 0.0926. The van der Waals surface area contributed by atoms with Gasteiger partial charge in [0.2, 0.25) is 0 Å². The van der Waals surface area contributed by atoms with Crippen molar-refractivity contribution < 1.29 is 4.84 Å². The third kappa shape index (κ3) is 4.83. The second-order valence-electron chi connectivity index (χ2n) is 3.78. The molecule has 0 saturated carbocycles. The molecule has 0 bridgehead atoms. The van der Waals surface area contributed by atoms with Crippen molar-refractivity contribution in [2.45, 2.75) is 44.5 Å². The smallest absolute Gasteiger partial charge is 0.0701 e. The molecule has 1 saturated heterocycles. The van der Waals surface area contributed by atoms with Gasteiger partial charge >= 0.3 is 0 Å². The van der Waals surface area contributed by atoms with Crippen LogP contribution in [-0.4, -0.2) is 18.0 Å². The van der Waals surface area contributed by atoms with Gasteiger partial charge in [-0.3, -0.25) is 0 Å². The van der Waals surface area contributed by atoms with Crippen LogP contribution in [0.3, 0.4) is 0 Å². The van der Waals surface area contributed by atoms with Gasteiger partial charge in [-0.1, -0.05) is 30.7 Å². The minimum Gasteiger partial charge on any atom is -0.301 e. The summed E-state index contributed by atoms with van der Waals surface area (Å²) in [7, 11) is 0. The Kier molecular flexibility index (Phi) is 5.99. The maximum absolute atomic E-state index is 5.81. The van der Waals surface area contributed by atoms with Crippen LogP contribution in [0.4, 0.5) is 0 Å². The van der Waals surface area contributed by atoms with Crippen LogP contribution in [0, 0.1) is 0 Å². The quantitative estimate of drug-likeness (QED) is 0.578. The van der Waals surface area contributed by atoms with Gasteiger partial charge in [0.15, 0.2) is 0 Å². The van der Waals surface area contributed by atoms with Gasteiger partial charge in [-0.05, 0) is 26.2 Å². The highest BCUT2D eigenvalue weighted by Gasteiger charge is 2.17. The van der Waals surface area contributed by atoms with E-state index < -0.39 is 0 Å².